The number of hydrogen-bond acceptors (Lipinski definition) is 7. The van der Waals surface area contributed by atoms with Gasteiger partial charge in [-0.3, -0.25) is 0 Å². The highest BCUT2D eigenvalue weighted by molar-refractivity contribution is 5.85. The van der Waals surface area contributed by atoms with Gasteiger partial charge >= 0.3 is 0 Å². The summed E-state index contributed by atoms with van der Waals surface area (Å²) in [6.07, 6.45) is 3.53. The molecule has 0 radical (unpaired) electrons. The van der Waals surface area contributed by atoms with Crippen molar-refractivity contribution in [1.29, 1.82) is 0 Å². The first-order valence-electron chi connectivity index (χ1n) is 8.07. The third-order valence-electron chi connectivity index (χ3n) is 4.64. The summed E-state index contributed by atoms with van der Waals surface area (Å²) in [6.45, 7) is 1.85. The number of rotatable bonds is 5. The molecule has 8 nitrogen and oxygen atoms in total. The van der Waals surface area contributed by atoms with Crippen LogP contribution in [0.2, 0.25) is 0 Å². The molecule has 4 rings (SSSR count). The fourth-order valence-corrected chi connectivity index (χ4v) is 3.00. The van der Waals surface area contributed by atoms with Gasteiger partial charge < -0.3 is 10.3 Å². The number of aryl methyl sites for hydroxylation is 1. The molecule has 9 heteroatoms. The third kappa shape index (κ3) is 3.27. The smallest absolute Gasteiger partial charge is 0.252 e. The molecule has 2 aromatic heterocycles. The number of nitrogens with two attached hydrogens (primary N) is 1. The van der Waals surface area contributed by atoms with Crippen LogP contribution in [0.15, 0.2) is 34.9 Å². The van der Waals surface area contributed by atoms with Gasteiger partial charge in [0.15, 0.2) is 5.82 Å². The van der Waals surface area contributed by atoms with Crippen molar-refractivity contribution in [3.05, 3.63) is 53.4 Å². The minimum absolute atomic E-state index is 0. The van der Waals surface area contributed by atoms with E-state index < -0.39 is 5.54 Å². The highest BCUT2D eigenvalue weighted by Gasteiger charge is 2.40. The zero-order chi connectivity index (χ0) is 16.6. The van der Waals surface area contributed by atoms with Crippen molar-refractivity contribution < 1.29 is 4.52 Å². The normalized spacial score (nSPS) is 16.7. The van der Waals surface area contributed by atoms with E-state index in [0.29, 0.717) is 24.0 Å². The molecule has 132 valence electrons. The molecular weight excluding hydrogens is 342 g/mol. The van der Waals surface area contributed by atoms with Gasteiger partial charge in [-0.2, -0.15) is 4.98 Å². The van der Waals surface area contributed by atoms with Crippen LogP contribution in [-0.2, 0) is 12.0 Å². The lowest BCUT2D eigenvalue weighted by molar-refractivity contribution is 0.228. The molecule has 0 aliphatic heterocycles. The maximum absolute atomic E-state index is 6.31. The molecule has 1 saturated carbocycles. The van der Waals surface area contributed by atoms with Crippen molar-refractivity contribution in [3.8, 4) is 0 Å². The van der Waals surface area contributed by atoms with Gasteiger partial charge in [-0.15, -0.1) is 17.5 Å². The van der Waals surface area contributed by atoms with E-state index in [4.69, 9.17) is 10.3 Å². The largest absolute Gasteiger partial charge is 0.337 e. The van der Waals surface area contributed by atoms with Crippen LogP contribution in [-0.4, -0.2) is 30.3 Å². The van der Waals surface area contributed by atoms with Crippen molar-refractivity contribution in [2.24, 2.45) is 5.73 Å². The van der Waals surface area contributed by atoms with Gasteiger partial charge in [0.05, 0.1) is 5.54 Å². The molecule has 2 heterocycles. The first-order chi connectivity index (χ1) is 11.7. The van der Waals surface area contributed by atoms with Gasteiger partial charge in [0.25, 0.3) is 5.89 Å². The number of tetrazole rings is 1. The van der Waals surface area contributed by atoms with Gasteiger partial charge in [-0.1, -0.05) is 35.5 Å². The van der Waals surface area contributed by atoms with E-state index in [1.165, 1.54) is 0 Å². The first kappa shape index (κ1) is 17.5. The van der Waals surface area contributed by atoms with Crippen LogP contribution >= 0.6 is 12.4 Å². The Bertz CT molecular complexity index is 828. The fourth-order valence-electron chi connectivity index (χ4n) is 3.00. The summed E-state index contributed by atoms with van der Waals surface area (Å²) < 4.78 is 7.26. The van der Waals surface area contributed by atoms with Crippen LogP contribution in [0.1, 0.15) is 48.4 Å². The molecule has 0 bridgehead atoms. The molecule has 0 saturated heterocycles. The number of aromatic nitrogens is 6. The average molecular weight is 362 g/mol. The van der Waals surface area contributed by atoms with Crippen molar-refractivity contribution in [1.82, 2.24) is 30.3 Å². The summed E-state index contributed by atoms with van der Waals surface area (Å²) in [5, 5.41) is 15.9. The van der Waals surface area contributed by atoms with E-state index >= 15 is 0 Å². The Labute approximate surface area is 151 Å². The number of nitrogens with zero attached hydrogens (tertiary/aromatic N) is 6. The third-order valence-corrected chi connectivity index (χ3v) is 4.64. The maximum atomic E-state index is 6.31. The zero-order valence-electron chi connectivity index (χ0n) is 13.9. The van der Waals surface area contributed by atoms with Crippen molar-refractivity contribution in [3.63, 3.8) is 0 Å². The van der Waals surface area contributed by atoms with Crippen molar-refractivity contribution in [2.75, 3.05) is 0 Å². The monoisotopic (exact) mass is 361 g/mol. The summed E-state index contributed by atoms with van der Waals surface area (Å²) in [5.74, 6) is 1.76. The summed E-state index contributed by atoms with van der Waals surface area (Å²) in [4.78, 5) is 4.58. The zero-order valence-corrected chi connectivity index (χ0v) is 14.7. The van der Waals surface area contributed by atoms with Crippen molar-refractivity contribution >= 4 is 12.4 Å². The van der Waals surface area contributed by atoms with Crippen LogP contribution in [0, 0.1) is 6.92 Å². The van der Waals surface area contributed by atoms with E-state index in [0.717, 1.165) is 24.8 Å². The van der Waals surface area contributed by atoms with E-state index in [9.17, 15) is 0 Å². The molecule has 1 fully saturated rings. The van der Waals surface area contributed by atoms with Gasteiger partial charge in [0.2, 0.25) is 0 Å². The Kier molecular flexibility index (Phi) is 4.82. The van der Waals surface area contributed by atoms with Crippen molar-refractivity contribution in [2.45, 2.75) is 44.2 Å². The summed E-state index contributed by atoms with van der Waals surface area (Å²) in [6, 6.07) is 9.84. The highest BCUT2D eigenvalue weighted by atomic mass is 35.5. The molecular formula is C16H20ClN7O. The molecule has 25 heavy (non-hydrogen) atoms. The van der Waals surface area contributed by atoms with E-state index in [1.807, 2.05) is 25.1 Å². The fraction of sp³-hybridized carbons (Fsp3) is 0.438. The Morgan fingerprint density at radius 1 is 1.28 bits per heavy atom. The molecule has 2 N–H and O–H groups in total. The molecule has 0 spiro atoms. The lowest BCUT2D eigenvalue weighted by atomic mass is 9.77. The van der Waals surface area contributed by atoms with Gasteiger partial charge in [0, 0.05) is 6.42 Å². The second-order valence-corrected chi connectivity index (χ2v) is 6.34. The van der Waals surface area contributed by atoms with E-state index in [2.05, 4.69) is 37.8 Å². The maximum Gasteiger partial charge on any atom is 0.252 e. The molecule has 1 unspecified atom stereocenters. The van der Waals surface area contributed by atoms with E-state index in [1.54, 1.807) is 4.68 Å². The lowest BCUT2D eigenvalue weighted by Crippen LogP contribution is -2.44. The van der Waals surface area contributed by atoms with Crippen LogP contribution in [0.4, 0.5) is 0 Å². The molecule has 3 aromatic rings. The van der Waals surface area contributed by atoms with Gasteiger partial charge in [-0.25, -0.2) is 4.68 Å². The number of halogens is 1. The minimum Gasteiger partial charge on any atom is -0.337 e. The van der Waals surface area contributed by atoms with Crippen LogP contribution in [0.25, 0.3) is 0 Å². The van der Waals surface area contributed by atoms with Crippen LogP contribution in [0.5, 0.6) is 0 Å². The molecule has 1 aliphatic rings. The highest BCUT2D eigenvalue weighted by Crippen LogP contribution is 2.37. The van der Waals surface area contributed by atoms with Gasteiger partial charge in [-0.05, 0) is 42.2 Å². The summed E-state index contributed by atoms with van der Waals surface area (Å²) in [5.41, 5.74) is 7.00. The average Bonchev–Trinajstić information content (AvgIpc) is 3.21. The SMILES string of the molecule is Cc1nnnn1C(Cc1ccccc1)c1nc(C2(N)CCC2)no1.Cl. The standard InChI is InChI=1S/C16H19N7O.ClH/c1-11-19-21-22-23(11)13(10-12-6-3-2-4-7-12)14-18-15(20-24-14)16(17)8-5-9-16;/h2-4,6-7,13H,5,8-10,17H2,1H3;1H. The summed E-state index contributed by atoms with van der Waals surface area (Å²) >= 11 is 0. The predicted molar refractivity (Wildman–Crippen MR) is 92.1 cm³/mol. The van der Waals surface area contributed by atoms with Crippen LogP contribution < -0.4 is 5.73 Å². The number of hydrogen-bond donors (Lipinski definition) is 1. The lowest BCUT2D eigenvalue weighted by Gasteiger charge is -2.34. The van der Waals surface area contributed by atoms with E-state index in [-0.39, 0.29) is 18.4 Å². The molecule has 1 aliphatic carbocycles. The second kappa shape index (κ2) is 6.89. The Morgan fingerprint density at radius 3 is 2.64 bits per heavy atom. The second-order valence-electron chi connectivity index (χ2n) is 6.34. The predicted octanol–water partition coefficient (Wildman–Crippen LogP) is 1.96. The molecule has 1 atom stereocenters. The quantitative estimate of drug-likeness (QED) is 0.739. The topological polar surface area (TPSA) is 109 Å². The Hall–Kier alpha value is -2.32. The number of benzene rings is 1. The Balaban J connectivity index is 0.00000182. The first-order valence-corrected chi connectivity index (χ1v) is 8.07. The van der Waals surface area contributed by atoms with Crippen LogP contribution in [0.3, 0.4) is 0 Å². The Morgan fingerprint density at radius 2 is 2.04 bits per heavy atom. The molecule has 1 aromatic carbocycles. The summed E-state index contributed by atoms with van der Waals surface area (Å²) in [7, 11) is 0. The minimum atomic E-state index is -0.450. The van der Waals surface area contributed by atoms with Gasteiger partial charge in [0.1, 0.15) is 11.9 Å². The molecule has 0 amide bonds.